The molecule has 6 heteroatoms. The molecule has 48 heavy (non-hydrogen) atoms. The minimum atomic E-state index is -3.23. The highest BCUT2D eigenvalue weighted by Gasteiger charge is 2.52. The predicted molar refractivity (Wildman–Crippen MR) is 215 cm³/mol. The zero-order valence-electron chi connectivity index (χ0n) is 28.6. The topological polar surface area (TPSA) is 46.7 Å². The maximum atomic E-state index is 13.4. The van der Waals surface area contributed by atoms with Gasteiger partial charge >= 0.3 is 15.3 Å². The lowest BCUT2D eigenvalue weighted by molar-refractivity contribution is 1.45. The highest BCUT2D eigenvalue weighted by atomic mass is 31.2. The number of nitrogens with zero attached hydrogens (tertiary/aromatic N) is 2. The predicted octanol–water partition coefficient (Wildman–Crippen LogP) is 9.58. The summed E-state index contributed by atoms with van der Waals surface area (Å²) in [6, 6.07) is 51.9. The van der Waals surface area contributed by atoms with Crippen molar-refractivity contribution in [2.24, 2.45) is 4.52 Å². The summed E-state index contributed by atoms with van der Waals surface area (Å²) in [5.74, 6) is 0. The summed E-state index contributed by atoms with van der Waals surface area (Å²) >= 11 is 0. The summed E-state index contributed by atoms with van der Waals surface area (Å²) in [4.78, 5) is 4.11. The summed E-state index contributed by atoms with van der Waals surface area (Å²) in [5, 5.41) is 19.7. The second-order valence-electron chi connectivity index (χ2n) is 12.8. The van der Waals surface area contributed by atoms with E-state index < -0.39 is 22.5 Å². The van der Waals surface area contributed by atoms with Crippen LogP contribution in [0.5, 0.6) is 0 Å². The average molecular weight is 683 g/mol. The molecule has 0 aliphatic carbocycles. The van der Waals surface area contributed by atoms with Crippen LogP contribution in [0.2, 0.25) is 0 Å². The fourth-order valence-electron chi connectivity index (χ4n) is 5.66. The zero-order valence-corrected chi connectivity index (χ0v) is 31.3. The molecule has 6 rings (SSSR count). The fraction of sp³-hybridized carbons (Fsp3) is 0.143. The van der Waals surface area contributed by atoms with E-state index in [1.807, 2.05) is 0 Å². The first-order valence-corrected chi connectivity index (χ1v) is 21.1. The summed E-state index contributed by atoms with van der Waals surface area (Å²) in [5.41, 5.74) is 7.10. The van der Waals surface area contributed by atoms with Gasteiger partial charge in [-0.05, 0) is 101 Å². The number of hydrogen-bond donors (Lipinski definition) is 1. The Kier molecular flexibility index (Phi) is 10.1. The van der Waals surface area contributed by atoms with Crippen LogP contribution in [-0.2, 0) is 0 Å². The van der Waals surface area contributed by atoms with E-state index in [1.54, 1.807) is 0 Å². The SMILES string of the molecule is Cc1ccc([P+](=N[P+](NP(=[N-])(c2ccc(C)cc2)c2ccc(C)cc2)(c2ccc(C)cc2)c2ccc(C)cc2)c2ccc(C)cc2)cc1. The minimum Gasteiger partial charge on any atom is -0.786 e. The molecule has 0 aromatic heterocycles. The van der Waals surface area contributed by atoms with Crippen molar-refractivity contribution in [3.8, 4) is 0 Å². The zero-order chi connectivity index (χ0) is 33.9. The van der Waals surface area contributed by atoms with Crippen molar-refractivity contribution in [1.82, 2.24) is 4.86 Å². The number of aryl methyl sites for hydroxylation is 6. The summed E-state index contributed by atoms with van der Waals surface area (Å²) in [6.45, 7) is 12.7. The first kappa shape index (κ1) is 33.9. The number of rotatable bonds is 9. The molecule has 0 aliphatic heterocycles. The molecule has 0 saturated heterocycles. The number of hydrogen-bond acceptors (Lipinski definition) is 1. The van der Waals surface area contributed by atoms with E-state index >= 15 is 0 Å². The lowest BCUT2D eigenvalue weighted by Gasteiger charge is -2.36. The first-order valence-electron chi connectivity index (χ1n) is 16.3. The van der Waals surface area contributed by atoms with E-state index in [0.717, 1.165) is 32.3 Å². The molecule has 0 heterocycles. The third-order valence-corrected chi connectivity index (χ3v) is 18.6. The summed E-state index contributed by atoms with van der Waals surface area (Å²) in [7, 11) is -7.36. The lowest BCUT2D eigenvalue weighted by Crippen LogP contribution is -2.36. The molecule has 0 atom stereocenters. The molecular formula is C42H43N3P3+. The van der Waals surface area contributed by atoms with Gasteiger partial charge in [0, 0.05) is 0 Å². The highest BCUT2D eigenvalue weighted by Crippen LogP contribution is 2.65. The van der Waals surface area contributed by atoms with E-state index in [9.17, 15) is 5.16 Å². The van der Waals surface area contributed by atoms with Crippen LogP contribution in [0.3, 0.4) is 0 Å². The maximum Gasteiger partial charge on any atom is 0.324 e. The smallest absolute Gasteiger partial charge is 0.324 e. The van der Waals surface area contributed by atoms with Gasteiger partial charge in [-0.3, -0.25) is 0 Å². The van der Waals surface area contributed by atoms with Crippen molar-refractivity contribution in [3.63, 3.8) is 0 Å². The monoisotopic (exact) mass is 682 g/mol. The second kappa shape index (κ2) is 14.3. The molecule has 240 valence electrons. The Hall–Kier alpha value is -3.96. The molecule has 0 unspecified atom stereocenters. The van der Waals surface area contributed by atoms with Gasteiger partial charge < -0.3 is 5.16 Å². The van der Waals surface area contributed by atoms with Crippen LogP contribution in [0.25, 0.3) is 5.16 Å². The molecule has 3 nitrogen and oxygen atoms in total. The van der Waals surface area contributed by atoms with E-state index in [4.69, 9.17) is 4.52 Å². The van der Waals surface area contributed by atoms with Crippen molar-refractivity contribution in [3.05, 3.63) is 184 Å². The van der Waals surface area contributed by atoms with Gasteiger partial charge in [0.15, 0.2) is 10.6 Å². The largest absolute Gasteiger partial charge is 0.786 e. The standard InChI is InChI=1S/C42H43N3P3/c1-31-7-19-37(20-8-31)46(38-21-9-32(2)10-22-38)44-48(41-27-15-35(5)16-28-41,42-29-17-36(6)18-30-42)45-47(43,39-23-11-33(3)12-24-39)40-25-13-34(4)14-26-40/h7-30H,1-6H3,(H-,43,45)/q+1. The van der Waals surface area contributed by atoms with Crippen LogP contribution in [0.4, 0.5) is 0 Å². The third-order valence-electron chi connectivity index (χ3n) is 8.70. The summed E-state index contributed by atoms with van der Waals surface area (Å²) < 4.78 is 6.11. The van der Waals surface area contributed by atoms with Gasteiger partial charge in [0.1, 0.15) is 10.6 Å². The lowest BCUT2D eigenvalue weighted by atomic mass is 10.2. The van der Waals surface area contributed by atoms with Crippen LogP contribution in [0, 0.1) is 41.5 Å². The molecule has 1 N–H and O–H groups in total. The van der Waals surface area contributed by atoms with E-state index in [1.165, 1.54) is 32.9 Å². The van der Waals surface area contributed by atoms with Gasteiger partial charge in [0.25, 0.3) is 0 Å². The van der Waals surface area contributed by atoms with Crippen LogP contribution >= 0.6 is 22.5 Å². The van der Waals surface area contributed by atoms with Gasteiger partial charge in [-0.2, -0.15) is 4.86 Å². The molecule has 0 aliphatic rings. The van der Waals surface area contributed by atoms with E-state index in [0.29, 0.717) is 0 Å². The quantitative estimate of drug-likeness (QED) is 0.152. The molecule has 6 aromatic rings. The molecule has 6 aromatic carbocycles. The van der Waals surface area contributed by atoms with Crippen LogP contribution in [0.15, 0.2) is 150 Å². The second-order valence-corrected chi connectivity index (χ2v) is 20.6. The van der Waals surface area contributed by atoms with Gasteiger partial charge in [-0.15, -0.1) is 0 Å². The summed E-state index contributed by atoms with van der Waals surface area (Å²) in [6.07, 6.45) is 0. The minimum absolute atomic E-state index is 0.880. The average Bonchev–Trinajstić information content (AvgIpc) is 3.09. The van der Waals surface area contributed by atoms with E-state index in [-0.39, 0.29) is 0 Å². The van der Waals surface area contributed by atoms with Crippen molar-refractivity contribution in [1.29, 1.82) is 0 Å². The Morgan fingerprint density at radius 2 is 0.708 bits per heavy atom. The fourth-order valence-corrected chi connectivity index (χ4v) is 16.5. The maximum absolute atomic E-state index is 13.4. The van der Waals surface area contributed by atoms with Crippen LogP contribution < -0.4 is 36.7 Å². The van der Waals surface area contributed by atoms with Crippen LogP contribution in [0.1, 0.15) is 33.4 Å². The Morgan fingerprint density at radius 1 is 0.438 bits per heavy atom. The Bertz CT molecular complexity index is 1940. The van der Waals surface area contributed by atoms with Crippen LogP contribution in [-0.4, -0.2) is 0 Å². The van der Waals surface area contributed by atoms with Gasteiger partial charge in [-0.25, -0.2) is 0 Å². The van der Waals surface area contributed by atoms with Crippen molar-refractivity contribution >= 4 is 54.3 Å². The van der Waals surface area contributed by atoms with Gasteiger partial charge in [0.05, 0.1) is 4.52 Å². The first-order chi connectivity index (χ1) is 23.1. The van der Waals surface area contributed by atoms with Crippen molar-refractivity contribution < 1.29 is 0 Å². The molecule has 0 fully saturated rings. The number of nitrogens with one attached hydrogen (secondary N) is 1. The Morgan fingerprint density at radius 3 is 1.02 bits per heavy atom. The Labute approximate surface area is 288 Å². The van der Waals surface area contributed by atoms with Crippen molar-refractivity contribution in [2.75, 3.05) is 0 Å². The molecule has 0 amide bonds. The van der Waals surface area contributed by atoms with Crippen molar-refractivity contribution in [2.45, 2.75) is 41.5 Å². The number of benzene rings is 6. The molecular weight excluding hydrogens is 639 g/mol. The van der Waals surface area contributed by atoms with E-state index in [2.05, 4.69) is 192 Å². The van der Waals surface area contributed by atoms with Gasteiger partial charge in [0.2, 0.25) is 0 Å². The molecule has 0 saturated carbocycles. The molecule has 0 radical (unpaired) electrons. The molecule has 0 bridgehead atoms. The molecule has 0 spiro atoms. The van der Waals surface area contributed by atoms with Gasteiger partial charge in [-0.1, -0.05) is 138 Å². The Balaban J connectivity index is 1.74. The highest BCUT2D eigenvalue weighted by molar-refractivity contribution is 7.99. The normalized spacial score (nSPS) is 11.7. The third kappa shape index (κ3) is 7.22.